The van der Waals surface area contributed by atoms with Crippen molar-refractivity contribution in [2.75, 3.05) is 0 Å². The fraction of sp³-hybridized carbons (Fsp3) is 0.105. The first kappa shape index (κ1) is 15.5. The fourth-order valence-electron chi connectivity index (χ4n) is 3.09. The molecule has 4 rings (SSSR count). The van der Waals surface area contributed by atoms with Crippen LogP contribution in [0.3, 0.4) is 0 Å². The lowest BCUT2D eigenvalue weighted by Gasteiger charge is -2.09. The SMILES string of the molecule is Cc1cc(-c2nc3ccccc3s2)c(C)n1-c1ccc([N+](=O)[O-])cc1. The molecule has 6 heteroatoms. The van der Waals surface area contributed by atoms with Crippen LogP contribution < -0.4 is 0 Å². The highest BCUT2D eigenvalue weighted by atomic mass is 32.1. The van der Waals surface area contributed by atoms with Gasteiger partial charge < -0.3 is 4.57 Å². The van der Waals surface area contributed by atoms with Crippen molar-refractivity contribution in [3.63, 3.8) is 0 Å². The van der Waals surface area contributed by atoms with Gasteiger partial charge in [-0.3, -0.25) is 10.1 Å². The van der Waals surface area contributed by atoms with Crippen LogP contribution in [-0.2, 0) is 0 Å². The number of non-ortho nitro benzene ring substituents is 1. The molecule has 2 aromatic carbocycles. The van der Waals surface area contributed by atoms with Crippen LogP contribution in [-0.4, -0.2) is 14.5 Å². The molecular formula is C19H15N3O2S. The van der Waals surface area contributed by atoms with Gasteiger partial charge in [0.2, 0.25) is 0 Å². The van der Waals surface area contributed by atoms with Gasteiger partial charge in [0.1, 0.15) is 5.01 Å². The zero-order chi connectivity index (χ0) is 17.6. The number of benzene rings is 2. The maximum atomic E-state index is 10.8. The Hall–Kier alpha value is -2.99. The quantitative estimate of drug-likeness (QED) is 0.373. The van der Waals surface area contributed by atoms with E-state index in [1.165, 1.54) is 12.1 Å². The number of aromatic nitrogens is 2. The number of hydrogen-bond donors (Lipinski definition) is 0. The van der Waals surface area contributed by atoms with E-state index in [0.29, 0.717) is 0 Å². The predicted molar refractivity (Wildman–Crippen MR) is 101 cm³/mol. The van der Waals surface area contributed by atoms with Crippen LogP contribution in [0.5, 0.6) is 0 Å². The molecule has 25 heavy (non-hydrogen) atoms. The Morgan fingerprint density at radius 1 is 1.08 bits per heavy atom. The Balaban J connectivity index is 1.82. The second kappa shape index (κ2) is 5.82. The lowest BCUT2D eigenvalue weighted by molar-refractivity contribution is -0.384. The summed E-state index contributed by atoms with van der Waals surface area (Å²) in [6, 6.07) is 16.8. The molecular weight excluding hydrogens is 334 g/mol. The first-order valence-corrected chi connectivity index (χ1v) is 8.66. The number of para-hydroxylation sites is 1. The molecule has 0 aliphatic heterocycles. The standard InChI is InChI=1S/C19H15N3O2S/c1-12-11-16(19-20-17-5-3-4-6-18(17)25-19)13(2)21(12)14-7-9-15(10-8-14)22(23)24/h3-11H,1-2H3. The van der Waals surface area contributed by atoms with E-state index in [0.717, 1.165) is 37.9 Å². The summed E-state index contributed by atoms with van der Waals surface area (Å²) in [5, 5.41) is 11.8. The molecule has 2 aromatic heterocycles. The topological polar surface area (TPSA) is 61.0 Å². The predicted octanol–water partition coefficient (Wildman–Crippen LogP) is 5.28. The minimum absolute atomic E-state index is 0.0950. The minimum atomic E-state index is -0.383. The molecule has 0 bridgehead atoms. The summed E-state index contributed by atoms with van der Waals surface area (Å²) in [5.74, 6) is 0. The van der Waals surface area contributed by atoms with Crippen molar-refractivity contribution in [2.24, 2.45) is 0 Å². The average Bonchev–Trinajstić information content (AvgIpc) is 3.15. The molecule has 0 amide bonds. The molecule has 0 saturated heterocycles. The van der Waals surface area contributed by atoms with E-state index in [1.54, 1.807) is 23.5 Å². The summed E-state index contributed by atoms with van der Waals surface area (Å²) in [7, 11) is 0. The molecule has 0 N–H and O–H groups in total. The monoisotopic (exact) mass is 349 g/mol. The van der Waals surface area contributed by atoms with Crippen LogP contribution in [0.4, 0.5) is 5.69 Å². The highest BCUT2D eigenvalue weighted by Gasteiger charge is 2.16. The van der Waals surface area contributed by atoms with Crippen molar-refractivity contribution in [1.82, 2.24) is 9.55 Å². The third kappa shape index (κ3) is 2.60. The van der Waals surface area contributed by atoms with Crippen molar-refractivity contribution in [3.8, 4) is 16.3 Å². The van der Waals surface area contributed by atoms with Crippen LogP contribution in [0, 0.1) is 24.0 Å². The van der Waals surface area contributed by atoms with Gasteiger partial charge in [-0.25, -0.2) is 4.98 Å². The normalized spacial score (nSPS) is 11.1. The molecule has 124 valence electrons. The summed E-state index contributed by atoms with van der Waals surface area (Å²) in [5.41, 5.74) is 5.25. The molecule has 0 aliphatic carbocycles. The fourth-order valence-corrected chi connectivity index (χ4v) is 4.12. The Morgan fingerprint density at radius 2 is 1.80 bits per heavy atom. The lowest BCUT2D eigenvalue weighted by atomic mass is 10.2. The van der Waals surface area contributed by atoms with E-state index < -0.39 is 0 Å². The first-order chi connectivity index (χ1) is 12.0. The van der Waals surface area contributed by atoms with Gasteiger partial charge in [-0.2, -0.15) is 0 Å². The Morgan fingerprint density at radius 3 is 2.48 bits per heavy atom. The Labute approximate surface area is 148 Å². The van der Waals surface area contributed by atoms with Crippen molar-refractivity contribution >= 4 is 27.2 Å². The highest BCUT2D eigenvalue weighted by molar-refractivity contribution is 7.21. The summed E-state index contributed by atoms with van der Waals surface area (Å²) in [6.07, 6.45) is 0. The van der Waals surface area contributed by atoms with Crippen molar-refractivity contribution in [2.45, 2.75) is 13.8 Å². The second-order valence-electron chi connectivity index (χ2n) is 5.88. The van der Waals surface area contributed by atoms with E-state index in [9.17, 15) is 10.1 Å². The molecule has 0 spiro atoms. The molecule has 0 atom stereocenters. The summed E-state index contributed by atoms with van der Waals surface area (Å²) >= 11 is 1.67. The third-order valence-electron chi connectivity index (χ3n) is 4.27. The number of thiazole rings is 1. The maximum Gasteiger partial charge on any atom is 0.269 e. The van der Waals surface area contributed by atoms with Gasteiger partial charge in [0.25, 0.3) is 5.69 Å². The summed E-state index contributed by atoms with van der Waals surface area (Å²) in [4.78, 5) is 15.2. The third-order valence-corrected chi connectivity index (χ3v) is 5.34. The van der Waals surface area contributed by atoms with Crippen LogP contribution >= 0.6 is 11.3 Å². The number of nitro groups is 1. The van der Waals surface area contributed by atoms with E-state index in [-0.39, 0.29) is 10.6 Å². The zero-order valence-electron chi connectivity index (χ0n) is 13.8. The molecule has 0 fully saturated rings. The van der Waals surface area contributed by atoms with Crippen LogP contribution in [0.1, 0.15) is 11.4 Å². The van der Waals surface area contributed by atoms with Gasteiger partial charge in [-0.15, -0.1) is 11.3 Å². The highest BCUT2D eigenvalue weighted by Crippen LogP contribution is 2.35. The molecule has 5 nitrogen and oxygen atoms in total. The van der Waals surface area contributed by atoms with E-state index in [4.69, 9.17) is 4.98 Å². The van der Waals surface area contributed by atoms with Gasteiger partial charge in [-0.1, -0.05) is 12.1 Å². The molecule has 0 aliphatic rings. The second-order valence-corrected chi connectivity index (χ2v) is 6.91. The number of nitro benzene ring substituents is 1. The number of aryl methyl sites for hydroxylation is 1. The van der Waals surface area contributed by atoms with Crippen LogP contribution in [0.25, 0.3) is 26.5 Å². The van der Waals surface area contributed by atoms with Crippen molar-refractivity contribution in [1.29, 1.82) is 0 Å². The largest absolute Gasteiger partial charge is 0.318 e. The maximum absolute atomic E-state index is 10.8. The van der Waals surface area contributed by atoms with Crippen LogP contribution in [0.2, 0.25) is 0 Å². The Bertz CT molecular complexity index is 1060. The van der Waals surface area contributed by atoms with Crippen molar-refractivity contribution in [3.05, 3.63) is 76.1 Å². The van der Waals surface area contributed by atoms with Gasteiger partial charge in [0, 0.05) is 34.8 Å². The lowest BCUT2D eigenvalue weighted by Crippen LogP contribution is -1.99. The smallest absolute Gasteiger partial charge is 0.269 e. The van der Waals surface area contributed by atoms with Gasteiger partial charge in [0.05, 0.1) is 15.1 Å². The summed E-state index contributed by atoms with van der Waals surface area (Å²) in [6.45, 7) is 4.08. The molecule has 0 radical (unpaired) electrons. The first-order valence-electron chi connectivity index (χ1n) is 7.84. The summed E-state index contributed by atoms with van der Waals surface area (Å²) < 4.78 is 3.27. The van der Waals surface area contributed by atoms with Gasteiger partial charge >= 0.3 is 0 Å². The molecule has 2 heterocycles. The molecule has 4 aromatic rings. The number of fused-ring (bicyclic) bond motifs is 1. The zero-order valence-corrected chi connectivity index (χ0v) is 14.6. The molecule has 0 unspecified atom stereocenters. The van der Waals surface area contributed by atoms with E-state index in [1.807, 2.05) is 25.1 Å². The van der Waals surface area contributed by atoms with Crippen molar-refractivity contribution < 1.29 is 4.92 Å². The number of nitrogens with zero attached hydrogens (tertiary/aromatic N) is 3. The number of hydrogen-bond acceptors (Lipinski definition) is 4. The van der Waals surface area contributed by atoms with Crippen LogP contribution in [0.15, 0.2) is 54.6 Å². The van der Waals surface area contributed by atoms with Gasteiger partial charge in [0.15, 0.2) is 0 Å². The number of rotatable bonds is 3. The molecule has 0 saturated carbocycles. The van der Waals surface area contributed by atoms with E-state index in [2.05, 4.69) is 23.6 Å². The Kier molecular flexibility index (Phi) is 3.62. The average molecular weight is 349 g/mol. The van der Waals surface area contributed by atoms with Gasteiger partial charge in [-0.05, 0) is 44.2 Å². The van der Waals surface area contributed by atoms with E-state index >= 15 is 0 Å². The minimum Gasteiger partial charge on any atom is -0.318 e.